The fourth-order valence-corrected chi connectivity index (χ4v) is 2.12. The average Bonchev–Trinajstić information content (AvgIpc) is 2.42. The molecule has 0 bridgehead atoms. The third-order valence-corrected chi connectivity index (χ3v) is 3.36. The van der Waals surface area contributed by atoms with Crippen molar-refractivity contribution in [1.29, 1.82) is 0 Å². The molecule has 1 aromatic carbocycles. The SMILES string of the molecule is CCN(CCCN(C)C)CCC(=O)c1ccccc1F. The smallest absolute Gasteiger partial charge is 0.167 e. The quantitative estimate of drug-likeness (QED) is 0.650. The van der Waals surface area contributed by atoms with Gasteiger partial charge >= 0.3 is 0 Å². The second-order valence-corrected chi connectivity index (χ2v) is 5.24. The maximum atomic E-state index is 13.5. The molecule has 0 unspecified atom stereocenters. The Morgan fingerprint density at radius 2 is 1.85 bits per heavy atom. The van der Waals surface area contributed by atoms with Crippen molar-refractivity contribution in [2.24, 2.45) is 0 Å². The van der Waals surface area contributed by atoms with Gasteiger partial charge in [0.15, 0.2) is 5.78 Å². The molecule has 0 aliphatic carbocycles. The highest BCUT2D eigenvalue weighted by Gasteiger charge is 2.12. The van der Waals surface area contributed by atoms with Crippen molar-refractivity contribution in [2.75, 3.05) is 40.3 Å². The van der Waals surface area contributed by atoms with Crippen LogP contribution in [0.25, 0.3) is 0 Å². The first-order chi connectivity index (χ1) is 9.54. The first-order valence-corrected chi connectivity index (χ1v) is 7.19. The Morgan fingerprint density at radius 3 is 2.45 bits per heavy atom. The van der Waals surface area contributed by atoms with E-state index in [0.29, 0.717) is 13.0 Å². The van der Waals surface area contributed by atoms with E-state index in [1.165, 1.54) is 6.07 Å². The van der Waals surface area contributed by atoms with Gasteiger partial charge in [0, 0.05) is 13.0 Å². The van der Waals surface area contributed by atoms with Gasteiger partial charge < -0.3 is 9.80 Å². The van der Waals surface area contributed by atoms with Gasteiger partial charge in [0.05, 0.1) is 5.56 Å². The second kappa shape index (κ2) is 8.82. The molecule has 3 nitrogen and oxygen atoms in total. The number of halogens is 1. The lowest BCUT2D eigenvalue weighted by Gasteiger charge is -2.21. The van der Waals surface area contributed by atoms with Crippen LogP contribution in [0.15, 0.2) is 24.3 Å². The summed E-state index contributed by atoms with van der Waals surface area (Å²) in [6.07, 6.45) is 1.45. The van der Waals surface area contributed by atoms with E-state index in [-0.39, 0.29) is 11.3 Å². The number of carbonyl (C=O) groups is 1. The Bertz CT molecular complexity index is 421. The Balaban J connectivity index is 2.40. The van der Waals surface area contributed by atoms with Gasteiger partial charge in [-0.3, -0.25) is 4.79 Å². The molecular weight excluding hydrogens is 255 g/mol. The first kappa shape index (κ1) is 16.8. The third-order valence-electron chi connectivity index (χ3n) is 3.36. The van der Waals surface area contributed by atoms with Crippen LogP contribution in [0.2, 0.25) is 0 Å². The lowest BCUT2D eigenvalue weighted by Crippen LogP contribution is -2.29. The molecule has 1 aromatic rings. The van der Waals surface area contributed by atoms with Gasteiger partial charge in [-0.05, 0) is 52.3 Å². The van der Waals surface area contributed by atoms with Crippen LogP contribution in [0.1, 0.15) is 30.1 Å². The zero-order valence-electron chi connectivity index (χ0n) is 12.7. The van der Waals surface area contributed by atoms with Crippen LogP contribution in [0.5, 0.6) is 0 Å². The molecular formula is C16H25FN2O. The molecule has 0 aliphatic rings. The van der Waals surface area contributed by atoms with E-state index in [1.807, 2.05) is 0 Å². The van der Waals surface area contributed by atoms with Crippen molar-refractivity contribution >= 4 is 5.78 Å². The topological polar surface area (TPSA) is 23.6 Å². The van der Waals surface area contributed by atoms with Crippen molar-refractivity contribution in [3.8, 4) is 0 Å². The highest BCUT2D eigenvalue weighted by atomic mass is 19.1. The molecule has 0 aliphatic heterocycles. The first-order valence-electron chi connectivity index (χ1n) is 7.19. The fourth-order valence-electron chi connectivity index (χ4n) is 2.12. The van der Waals surface area contributed by atoms with Gasteiger partial charge in [0.1, 0.15) is 5.82 Å². The number of hydrogen-bond donors (Lipinski definition) is 0. The van der Waals surface area contributed by atoms with E-state index in [2.05, 4.69) is 30.8 Å². The zero-order chi connectivity index (χ0) is 15.0. The average molecular weight is 280 g/mol. The summed E-state index contributed by atoms with van der Waals surface area (Å²) in [5.74, 6) is -0.540. The summed E-state index contributed by atoms with van der Waals surface area (Å²) in [5, 5.41) is 0. The maximum Gasteiger partial charge on any atom is 0.167 e. The molecule has 0 saturated heterocycles. The van der Waals surface area contributed by atoms with Crippen LogP contribution in [0.4, 0.5) is 4.39 Å². The van der Waals surface area contributed by atoms with Crippen molar-refractivity contribution in [3.05, 3.63) is 35.6 Å². The number of nitrogens with zero attached hydrogens (tertiary/aromatic N) is 2. The van der Waals surface area contributed by atoms with E-state index in [0.717, 1.165) is 26.1 Å². The second-order valence-electron chi connectivity index (χ2n) is 5.24. The molecule has 0 radical (unpaired) electrons. The molecule has 1 rings (SSSR count). The van der Waals surface area contributed by atoms with Crippen molar-refractivity contribution in [2.45, 2.75) is 19.8 Å². The Labute approximate surface area is 121 Å². The summed E-state index contributed by atoms with van der Waals surface area (Å²) in [6.45, 7) is 5.70. The normalized spacial score (nSPS) is 11.3. The van der Waals surface area contributed by atoms with Crippen molar-refractivity contribution < 1.29 is 9.18 Å². The number of hydrogen-bond acceptors (Lipinski definition) is 3. The van der Waals surface area contributed by atoms with Crippen LogP contribution in [-0.2, 0) is 0 Å². The standard InChI is InChI=1S/C16H25FN2O/c1-4-19(12-7-11-18(2)3)13-10-16(20)14-8-5-6-9-15(14)17/h5-6,8-9H,4,7,10-13H2,1-3H3. The van der Waals surface area contributed by atoms with E-state index in [4.69, 9.17) is 0 Å². The Hall–Kier alpha value is -1.26. The molecule has 20 heavy (non-hydrogen) atoms. The summed E-state index contributed by atoms with van der Waals surface area (Å²) >= 11 is 0. The van der Waals surface area contributed by atoms with E-state index in [1.54, 1.807) is 18.2 Å². The molecule has 0 N–H and O–H groups in total. The molecule has 0 atom stereocenters. The van der Waals surface area contributed by atoms with E-state index in [9.17, 15) is 9.18 Å². The van der Waals surface area contributed by atoms with Crippen LogP contribution in [0.3, 0.4) is 0 Å². The highest BCUT2D eigenvalue weighted by molar-refractivity contribution is 5.96. The molecule has 0 heterocycles. The van der Waals surface area contributed by atoms with E-state index < -0.39 is 5.82 Å². The summed E-state index contributed by atoms with van der Waals surface area (Å²) in [5.41, 5.74) is 0.205. The lowest BCUT2D eigenvalue weighted by molar-refractivity contribution is 0.0960. The largest absolute Gasteiger partial charge is 0.309 e. The maximum absolute atomic E-state index is 13.5. The zero-order valence-corrected chi connectivity index (χ0v) is 12.7. The lowest BCUT2D eigenvalue weighted by atomic mass is 10.1. The summed E-state index contributed by atoms with van der Waals surface area (Å²) < 4.78 is 13.5. The fraction of sp³-hybridized carbons (Fsp3) is 0.562. The number of benzene rings is 1. The van der Waals surface area contributed by atoms with Gasteiger partial charge in [-0.15, -0.1) is 0 Å². The predicted molar refractivity (Wildman–Crippen MR) is 80.6 cm³/mol. The molecule has 0 amide bonds. The van der Waals surface area contributed by atoms with Crippen molar-refractivity contribution in [3.63, 3.8) is 0 Å². The van der Waals surface area contributed by atoms with E-state index >= 15 is 0 Å². The summed E-state index contributed by atoms with van der Waals surface area (Å²) in [6, 6.07) is 6.19. The Kier molecular flexibility index (Phi) is 7.41. The number of ketones is 1. The third kappa shape index (κ3) is 5.80. The summed E-state index contributed by atoms with van der Waals surface area (Å²) in [4.78, 5) is 16.4. The Morgan fingerprint density at radius 1 is 1.15 bits per heavy atom. The van der Waals surface area contributed by atoms with Gasteiger partial charge in [-0.1, -0.05) is 19.1 Å². The van der Waals surface area contributed by atoms with Crippen molar-refractivity contribution in [1.82, 2.24) is 9.80 Å². The summed E-state index contributed by atoms with van der Waals surface area (Å²) in [7, 11) is 4.11. The molecule has 0 fully saturated rings. The van der Waals surface area contributed by atoms with Crippen LogP contribution < -0.4 is 0 Å². The number of carbonyl (C=O) groups excluding carboxylic acids is 1. The van der Waals surface area contributed by atoms with Gasteiger partial charge in [-0.25, -0.2) is 4.39 Å². The minimum atomic E-state index is -0.423. The highest BCUT2D eigenvalue weighted by Crippen LogP contribution is 2.09. The molecule has 112 valence electrons. The molecule has 0 spiro atoms. The monoisotopic (exact) mass is 280 g/mol. The number of Topliss-reactive ketones (excluding diaryl/α,β-unsaturated/α-hetero) is 1. The predicted octanol–water partition coefficient (Wildman–Crippen LogP) is 2.67. The van der Waals surface area contributed by atoms with Gasteiger partial charge in [0.25, 0.3) is 0 Å². The number of rotatable bonds is 9. The van der Waals surface area contributed by atoms with Gasteiger partial charge in [0.2, 0.25) is 0 Å². The molecule has 4 heteroatoms. The minimum absolute atomic E-state index is 0.117. The van der Waals surface area contributed by atoms with Crippen LogP contribution >= 0.6 is 0 Å². The minimum Gasteiger partial charge on any atom is -0.309 e. The van der Waals surface area contributed by atoms with Crippen LogP contribution in [-0.4, -0.2) is 55.9 Å². The van der Waals surface area contributed by atoms with Crippen LogP contribution in [0, 0.1) is 5.82 Å². The molecule has 0 aromatic heterocycles. The van der Waals surface area contributed by atoms with Gasteiger partial charge in [-0.2, -0.15) is 0 Å². The molecule has 0 saturated carbocycles.